The van der Waals surface area contributed by atoms with E-state index in [2.05, 4.69) is 21.8 Å². The monoisotopic (exact) mass is 295 g/mol. The van der Waals surface area contributed by atoms with Gasteiger partial charge in [-0.2, -0.15) is 13.5 Å². The lowest BCUT2D eigenvalue weighted by Gasteiger charge is -2.26. The first-order valence-electron chi connectivity index (χ1n) is 6.96. The van der Waals surface area contributed by atoms with E-state index in [0.717, 1.165) is 44.6 Å². The lowest BCUT2D eigenvalue weighted by atomic mass is 10.1. The number of nitrogens with zero attached hydrogens (tertiary/aromatic N) is 2. The van der Waals surface area contributed by atoms with Gasteiger partial charge in [0.25, 0.3) is 10.0 Å². The number of likely N-dealkylation sites (tertiary alicyclic amines) is 1. The van der Waals surface area contributed by atoms with Crippen LogP contribution in [-0.2, 0) is 10.0 Å². The van der Waals surface area contributed by atoms with Crippen LogP contribution in [0, 0.1) is 0 Å². The first kappa shape index (κ1) is 15.0. The van der Waals surface area contributed by atoms with Crippen LogP contribution >= 0.6 is 0 Å². The fourth-order valence-corrected chi connectivity index (χ4v) is 3.11. The maximum Gasteiger partial charge on any atom is 0.276 e. The summed E-state index contributed by atoms with van der Waals surface area (Å²) in [6.07, 6.45) is 2.81. The lowest BCUT2D eigenvalue weighted by molar-refractivity contribution is 0.275. The van der Waals surface area contributed by atoms with E-state index in [-0.39, 0.29) is 4.90 Å². The molecule has 0 amide bonds. The third kappa shape index (κ3) is 4.05. The summed E-state index contributed by atoms with van der Waals surface area (Å²) in [5.74, 6) is 0. The van der Waals surface area contributed by atoms with Crippen molar-refractivity contribution in [2.24, 2.45) is 5.10 Å². The number of nitrogens with one attached hydrogen (secondary N) is 1. The Morgan fingerprint density at radius 1 is 1.20 bits per heavy atom. The van der Waals surface area contributed by atoms with Crippen LogP contribution < -0.4 is 4.83 Å². The van der Waals surface area contributed by atoms with Crippen molar-refractivity contribution in [3.05, 3.63) is 30.3 Å². The first-order valence-corrected chi connectivity index (χ1v) is 8.45. The molecule has 1 fully saturated rings. The topological polar surface area (TPSA) is 61.8 Å². The molecule has 0 unspecified atom stereocenters. The molecule has 0 spiro atoms. The number of piperidine rings is 1. The molecule has 6 heteroatoms. The van der Waals surface area contributed by atoms with E-state index in [1.807, 2.05) is 0 Å². The number of benzene rings is 1. The van der Waals surface area contributed by atoms with Gasteiger partial charge in [-0.3, -0.25) is 0 Å². The molecule has 0 saturated carbocycles. The minimum Gasteiger partial charge on any atom is -0.303 e. The van der Waals surface area contributed by atoms with E-state index >= 15 is 0 Å². The van der Waals surface area contributed by atoms with Crippen LogP contribution in [-0.4, -0.2) is 38.7 Å². The van der Waals surface area contributed by atoms with Gasteiger partial charge in [0.1, 0.15) is 0 Å². The lowest BCUT2D eigenvalue weighted by Crippen LogP contribution is -2.35. The molecule has 0 aromatic heterocycles. The molecule has 1 heterocycles. The summed E-state index contributed by atoms with van der Waals surface area (Å²) in [5, 5.41) is 4.08. The van der Waals surface area contributed by atoms with Gasteiger partial charge in [-0.05, 0) is 25.1 Å². The van der Waals surface area contributed by atoms with E-state index in [9.17, 15) is 8.42 Å². The van der Waals surface area contributed by atoms with Gasteiger partial charge in [0.2, 0.25) is 0 Å². The SMILES string of the molecule is CCCN1CCC(=NNS(=O)(=O)c2ccccc2)CC1. The van der Waals surface area contributed by atoms with Gasteiger partial charge in [-0.1, -0.05) is 25.1 Å². The number of rotatable bonds is 5. The Hall–Kier alpha value is -1.40. The molecule has 1 aromatic rings. The smallest absolute Gasteiger partial charge is 0.276 e. The molecule has 1 saturated heterocycles. The molecule has 5 nitrogen and oxygen atoms in total. The summed E-state index contributed by atoms with van der Waals surface area (Å²) in [6, 6.07) is 8.31. The Kier molecular flexibility index (Phi) is 5.14. The largest absolute Gasteiger partial charge is 0.303 e. The summed E-state index contributed by atoms with van der Waals surface area (Å²) in [6.45, 7) is 5.18. The van der Waals surface area contributed by atoms with Crippen molar-refractivity contribution in [3.63, 3.8) is 0 Å². The summed E-state index contributed by atoms with van der Waals surface area (Å²) in [5.41, 5.74) is 0.928. The summed E-state index contributed by atoms with van der Waals surface area (Å²) >= 11 is 0. The zero-order valence-corrected chi connectivity index (χ0v) is 12.6. The minimum atomic E-state index is -3.53. The van der Waals surface area contributed by atoms with Crippen molar-refractivity contribution in [2.75, 3.05) is 19.6 Å². The number of hydrogen-bond acceptors (Lipinski definition) is 4. The molecule has 2 rings (SSSR count). The fourth-order valence-electron chi connectivity index (χ4n) is 2.24. The van der Waals surface area contributed by atoms with Crippen LogP contribution in [0.4, 0.5) is 0 Å². The van der Waals surface area contributed by atoms with Crippen LogP contribution in [0.3, 0.4) is 0 Å². The summed E-state index contributed by atoms with van der Waals surface area (Å²) in [4.78, 5) is 4.96. The molecule has 20 heavy (non-hydrogen) atoms. The highest BCUT2D eigenvalue weighted by molar-refractivity contribution is 7.89. The molecule has 0 radical (unpaired) electrons. The van der Waals surface area contributed by atoms with Crippen molar-refractivity contribution in [2.45, 2.75) is 31.1 Å². The second-order valence-electron chi connectivity index (χ2n) is 4.93. The Labute approximate surface area is 120 Å². The number of sulfonamides is 1. The van der Waals surface area contributed by atoms with Gasteiger partial charge in [-0.15, -0.1) is 0 Å². The van der Waals surface area contributed by atoms with E-state index in [0.29, 0.717) is 0 Å². The van der Waals surface area contributed by atoms with Gasteiger partial charge in [0.15, 0.2) is 0 Å². The molecule has 0 atom stereocenters. The third-order valence-electron chi connectivity index (χ3n) is 3.35. The second kappa shape index (κ2) is 6.85. The van der Waals surface area contributed by atoms with Crippen molar-refractivity contribution < 1.29 is 8.42 Å². The van der Waals surface area contributed by atoms with Gasteiger partial charge < -0.3 is 4.90 Å². The van der Waals surface area contributed by atoms with Gasteiger partial charge in [0.05, 0.1) is 4.90 Å². The van der Waals surface area contributed by atoms with Crippen LogP contribution in [0.2, 0.25) is 0 Å². The first-order chi connectivity index (χ1) is 9.62. The average molecular weight is 295 g/mol. The van der Waals surface area contributed by atoms with Crippen molar-refractivity contribution in [3.8, 4) is 0 Å². The van der Waals surface area contributed by atoms with Crippen molar-refractivity contribution in [1.29, 1.82) is 0 Å². The Morgan fingerprint density at radius 3 is 2.45 bits per heavy atom. The van der Waals surface area contributed by atoms with E-state index in [1.165, 1.54) is 0 Å². The minimum absolute atomic E-state index is 0.243. The second-order valence-corrected chi connectivity index (χ2v) is 6.59. The average Bonchev–Trinajstić information content (AvgIpc) is 2.48. The molecule has 0 aliphatic carbocycles. The molecule has 1 aromatic carbocycles. The standard InChI is InChI=1S/C14H21N3O2S/c1-2-10-17-11-8-13(9-12-17)15-16-20(18,19)14-6-4-3-5-7-14/h3-7,16H,2,8-12H2,1H3. The normalized spacial score (nSPS) is 16.9. The third-order valence-corrected chi connectivity index (χ3v) is 4.57. The van der Waals surface area contributed by atoms with Crippen molar-refractivity contribution >= 4 is 15.7 Å². The Bertz CT molecular complexity index is 545. The summed E-state index contributed by atoms with van der Waals surface area (Å²) < 4.78 is 24.0. The van der Waals surface area contributed by atoms with Crippen LogP contribution in [0.1, 0.15) is 26.2 Å². The fraction of sp³-hybridized carbons (Fsp3) is 0.500. The van der Waals surface area contributed by atoms with Crippen LogP contribution in [0.25, 0.3) is 0 Å². The molecule has 110 valence electrons. The summed E-state index contributed by atoms with van der Waals surface area (Å²) in [7, 11) is -3.53. The van der Waals surface area contributed by atoms with Crippen LogP contribution in [0.15, 0.2) is 40.3 Å². The molecular formula is C14H21N3O2S. The zero-order chi connectivity index (χ0) is 14.4. The molecule has 0 bridgehead atoms. The highest BCUT2D eigenvalue weighted by Crippen LogP contribution is 2.10. The predicted molar refractivity (Wildman–Crippen MR) is 80.2 cm³/mol. The maximum atomic E-state index is 12.0. The number of hydrazone groups is 1. The maximum absolute atomic E-state index is 12.0. The van der Waals surface area contributed by atoms with Gasteiger partial charge in [-0.25, -0.2) is 4.83 Å². The van der Waals surface area contributed by atoms with E-state index in [1.54, 1.807) is 30.3 Å². The van der Waals surface area contributed by atoms with E-state index < -0.39 is 10.0 Å². The molecule has 1 aliphatic rings. The predicted octanol–water partition coefficient (Wildman–Crippen LogP) is 1.83. The molecular weight excluding hydrogens is 274 g/mol. The van der Waals surface area contributed by atoms with Gasteiger partial charge >= 0.3 is 0 Å². The molecule has 1 aliphatic heterocycles. The number of hydrogen-bond donors (Lipinski definition) is 1. The van der Waals surface area contributed by atoms with Crippen LogP contribution in [0.5, 0.6) is 0 Å². The highest BCUT2D eigenvalue weighted by Gasteiger charge is 2.16. The highest BCUT2D eigenvalue weighted by atomic mass is 32.2. The Morgan fingerprint density at radius 2 is 1.85 bits per heavy atom. The van der Waals surface area contributed by atoms with Crippen molar-refractivity contribution in [1.82, 2.24) is 9.73 Å². The van der Waals surface area contributed by atoms with Gasteiger partial charge in [0, 0.05) is 31.6 Å². The quantitative estimate of drug-likeness (QED) is 0.843. The molecule has 1 N–H and O–H groups in total. The zero-order valence-electron chi connectivity index (χ0n) is 11.7. The van der Waals surface area contributed by atoms with E-state index in [4.69, 9.17) is 0 Å². The Balaban J connectivity index is 1.94.